The zero-order valence-corrected chi connectivity index (χ0v) is 8.94. The normalized spacial score (nSPS) is 15.5. The maximum atomic E-state index is 2.34. The smallest absolute Gasteiger partial charge is 0.00221 e. The summed E-state index contributed by atoms with van der Waals surface area (Å²) < 4.78 is 0. The van der Waals surface area contributed by atoms with Crippen molar-refractivity contribution in [1.29, 1.82) is 0 Å². The fraction of sp³-hybridized carbons (Fsp3) is 1.00. The second kappa shape index (κ2) is 4.10. The van der Waals surface area contributed by atoms with Crippen molar-refractivity contribution in [2.75, 3.05) is 20.6 Å². The van der Waals surface area contributed by atoms with Gasteiger partial charge in [-0.3, -0.25) is 0 Å². The van der Waals surface area contributed by atoms with E-state index in [1.54, 1.807) is 0 Å². The molecule has 0 saturated heterocycles. The third kappa shape index (κ3) is 5.25. The summed E-state index contributed by atoms with van der Waals surface area (Å²) in [5.74, 6) is 0.810. The molecule has 0 spiro atoms. The van der Waals surface area contributed by atoms with E-state index in [-0.39, 0.29) is 0 Å². The van der Waals surface area contributed by atoms with Gasteiger partial charge in [0, 0.05) is 0 Å². The van der Waals surface area contributed by atoms with Crippen molar-refractivity contribution in [2.24, 2.45) is 11.3 Å². The predicted molar refractivity (Wildman–Crippen MR) is 51.8 cm³/mol. The van der Waals surface area contributed by atoms with Gasteiger partial charge >= 0.3 is 0 Å². The van der Waals surface area contributed by atoms with Gasteiger partial charge in [-0.15, -0.1) is 0 Å². The molecule has 0 bridgehead atoms. The molecule has 0 aliphatic carbocycles. The molecule has 0 aliphatic rings. The molecule has 1 nitrogen and oxygen atoms in total. The van der Waals surface area contributed by atoms with Gasteiger partial charge in [0.1, 0.15) is 0 Å². The molecule has 0 rings (SSSR count). The molecular weight excluding hydrogens is 134 g/mol. The lowest BCUT2D eigenvalue weighted by molar-refractivity contribution is 0.223. The molecule has 0 aromatic carbocycles. The van der Waals surface area contributed by atoms with E-state index < -0.39 is 0 Å². The molecule has 0 saturated carbocycles. The molecule has 68 valence electrons. The van der Waals surface area contributed by atoms with E-state index in [0.29, 0.717) is 5.41 Å². The van der Waals surface area contributed by atoms with Crippen LogP contribution in [-0.4, -0.2) is 25.5 Å². The topological polar surface area (TPSA) is 3.24 Å². The number of nitrogens with zero attached hydrogens (tertiary/aromatic N) is 1. The van der Waals surface area contributed by atoms with Gasteiger partial charge in [-0.05, 0) is 38.4 Å². The summed E-state index contributed by atoms with van der Waals surface area (Å²) in [5, 5.41) is 0. The van der Waals surface area contributed by atoms with E-state index in [0.717, 1.165) is 5.92 Å². The average molecular weight is 157 g/mol. The fourth-order valence-electron chi connectivity index (χ4n) is 0.885. The maximum absolute atomic E-state index is 2.34. The van der Waals surface area contributed by atoms with Crippen LogP contribution in [0.5, 0.6) is 0 Å². The minimum atomic E-state index is 0.468. The van der Waals surface area contributed by atoms with Gasteiger partial charge in [0.15, 0.2) is 0 Å². The molecule has 0 amide bonds. The van der Waals surface area contributed by atoms with Crippen LogP contribution >= 0.6 is 0 Å². The molecule has 1 atom stereocenters. The van der Waals surface area contributed by atoms with E-state index in [2.05, 4.69) is 46.7 Å². The van der Waals surface area contributed by atoms with Crippen molar-refractivity contribution in [1.82, 2.24) is 4.90 Å². The molecule has 0 N–H and O–H groups in total. The Kier molecular flexibility index (Phi) is 4.09. The lowest BCUT2D eigenvalue weighted by Gasteiger charge is -2.28. The highest BCUT2D eigenvalue weighted by molar-refractivity contribution is 4.70. The van der Waals surface area contributed by atoms with E-state index in [1.807, 2.05) is 0 Å². The lowest BCUT2D eigenvalue weighted by atomic mass is 9.80. The predicted octanol–water partition coefficient (Wildman–Crippen LogP) is 2.62. The average Bonchev–Trinajstić information content (AvgIpc) is 1.80. The number of hydrogen-bond acceptors (Lipinski definition) is 1. The summed E-state index contributed by atoms with van der Waals surface area (Å²) in [6, 6.07) is 0. The second-order valence-corrected chi connectivity index (χ2v) is 4.86. The second-order valence-electron chi connectivity index (χ2n) is 4.86. The van der Waals surface area contributed by atoms with Gasteiger partial charge in [0.05, 0.1) is 0 Å². The first-order valence-electron chi connectivity index (χ1n) is 4.48. The van der Waals surface area contributed by atoms with Crippen LogP contribution in [0, 0.1) is 11.3 Å². The first-order valence-corrected chi connectivity index (χ1v) is 4.48. The quantitative estimate of drug-likeness (QED) is 0.608. The van der Waals surface area contributed by atoms with Crippen LogP contribution in [-0.2, 0) is 0 Å². The highest BCUT2D eigenvalue weighted by atomic mass is 15.0. The fourth-order valence-corrected chi connectivity index (χ4v) is 0.885. The maximum Gasteiger partial charge on any atom is -0.00221 e. The van der Waals surface area contributed by atoms with Gasteiger partial charge in [0.25, 0.3) is 0 Å². The Morgan fingerprint density at radius 3 is 1.91 bits per heavy atom. The molecule has 1 heteroatoms. The minimum Gasteiger partial charge on any atom is -0.309 e. The van der Waals surface area contributed by atoms with Gasteiger partial charge < -0.3 is 4.90 Å². The Labute approximate surface area is 71.8 Å². The van der Waals surface area contributed by atoms with Crippen LogP contribution < -0.4 is 0 Å². The molecule has 1 unspecified atom stereocenters. The first kappa shape index (κ1) is 11.0. The van der Waals surface area contributed by atoms with E-state index >= 15 is 0 Å². The molecule has 0 heterocycles. The molecule has 0 radical (unpaired) electrons. The number of hydrogen-bond donors (Lipinski definition) is 0. The Morgan fingerprint density at radius 2 is 1.64 bits per heavy atom. The van der Waals surface area contributed by atoms with Crippen molar-refractivity contribution < 1.29 is 0 Å². The molecular formula is C10H23N. The highest BCUT2D eigenvalue weighted by Crippen LogP contribution is 2.27. The summed E-state index contributed by atoms with van der Waals surface area (Å²) in [6.07, 6.45) is 1.30. The van der Waals surface area contributed by atoms with Crippen LogP contribution in [0.15, 0.2) is 0 Å². The van der Waals surface area contributed by atoms with Crippen molar-refractivity contribution in [3.63, 3.8) is 0 Å². The van der Waals surface area contributed by atoms with Crippen molar-refractivity contribution in [2.45, 2.75) is 34.1 Å². The molecule has 0 aromatic rings. The van der Waals surface area contributed by atoms with Crippen LogP contribution in [0.1, 0.15) is 34.1 Å². The van der Waals surface area contributed by atoms with Gasteiger partial charge in [-0.2, -0.15) is 0 Å². The van der Waals surface area contributed by atoms with Crippen LogP contribution in [0.2, 0.25) is 0 Å². The van der Waals surface area contributed by atoms with Gasteiger partial charge in [-0.25, -0.2) is 0 Å². The van der Waals surface area contributed by atoms with Crippen molar-refractivity contribution >= 4 is 0 Å². The SMILES string of the molecule is CC(CCN(C)C)C(C)(C)C. The zero-order chi connectivity index (χ0) is 9.07. The summed E-state index contributed by atoms with van der Waals surface area (Å²) >= 11 is 0. The van der Waals surface area contributed by atoms with Crippen LogP contribution in [0.3, 0.4) is 0 Å². The Balaban J connectivity index is 3.61. The Morgan fingerprint density at radius 1 is 1.18 bits per heavy atom. The largest absolute Gasteiger partial charge is 0.309 e. The standard InChI is InChI=1S/C10H23N/c1-9(10(2,3)4)7-8-11(5)6/h9H,7-8H2,1-6H3. The van der Waals surface area contributed by atoms with E-state index in [4.69, 9.17) is 0 Å². The third-order valence-corrected chi connectivity index (χ3v) is 2.49. The summed E-state index contributed by atoms with van der Waals surface area (Å²) in [6.45, 7) is 10.5. The van der Waals surface area contributed by atoms with Gasteiger partial charge in [-0.1, -0.05) is 27.7 Å². The van der Waals surface area contributed by atoms with Crippen molar-refractivity contribution in [3.05, 3.63) is 0 Å². The first-order chi connectivity index (χ1) is 4.84. The molecule has 11 heavy (non-hydrogen) atoms. The minimum absolute atomic E-state index is 0.468. The summed E-state index contributed by atoms with van der Waals surface area (Å²) in [4.78, 5) is 2.25. The zero-order valence-electron chi connectivity index (χ0n) is 8.94. The molecule has 0 aromatic heterocycles. The number of rotatable bonds is 3. The van der Waals surface area contributed by atoms with E-state index in [9.17, 15) is 0 Å². The highest BCUT2D eigenvalue weighted by Gasteiger charge is 2.19. The summed E-state index contributed by atoms with van der Waals surface area (Å²) in [7, 11) is 4.27. The van der Waals surface area contributed by atoms with E-state index in [1.165, 1.54) is 13.0 Å². The molecule has 0 aliphatic heterocycles. The van der Waals surface area contributed by atoms with Crippen LogP contribution in [0.25, 0.3) is 0 Å². The lowest BCUT2D eigenvalue weighted by Crippen LogP contribution is -2.23. The van der Waals surface area contributed by atoms with Crippen molar-refractivity contribution in [3.8, 4) is 0 Å². The van der Waals surface area contributed by atoms with Gasteiger partial charge in [0.2, 0.25) is 0 Å². The third-order valence-electron chi connectivity index (χ3n) is 2.49. The molecule has 0 fully saturated rings. The Bertz CT molecular complexity index is 99.9. The van der Waals surface area contributed by atoms with Crippen LogP contribution in [0.4, 0.5) is 0 Å². The Hall–Kier alpha value is -0.0400. The summed E-state index contributed by atoms with van der Waals surface area (Å²) in [5.41, 5.74) is 0.468. The monoisotopic (exact) mass is 157 g/mol.